The Bertz CT molecular complexity index is 934. The van der Waals surface area contributed by atoms with Gasteiger partial charge in [-0.2, -0.15) is 0 Å². The summed E-state index contributed by atoms with van der Waals surface area (Å²) in [4.78, 5) is 7.94. The van der Waals surface area contributed by atoms with E-state index in [2.05, 4.69) is 46.4 Å². The number of aliphatic imine (C=N–C) groups is 1. The average Bonchev–Trinajstić information content (AvgIpc) is 3.00. The van der Waals surface area contributed by atoms with Crippen LogP contribution in [0.3, 0.4) is 0 Å². The molecule has 4 aromatic rings. The molecule has 4 rings (SSSR count). The van der Waals surface area contributed by atoms with Crippen molar-refractivity contribution < 1.29 is 0 Å². The maximum Gasteiger partial charge on any atom is 0.0629 e. The van der Waals surface area contributed by atoms with E-state index < -0.39 is 0 Å². The van der Waals surface area contributed by atoms with Gasteiger partial charge in [0.15, 0.2) is 0 Å². The van der Waals surface area contributed by atoms with Crippen LogP contribution < -0.4 is 0 Å². The molecular formula is C19H14N2. The molecule has 0 aliphatic rings. The van der Waals surface area contributed by atoms with Crippen molar-refractivity contribution >= 4 is 33.6 Å². The number of nitrogens with zero attached hydrogens (tertiary/aromatic N) is 1. The van der Waals surface area contributed by atoms with Crippen molar-refractivity contribution in [3.05, 3.63) is 78.5 Å². The van der Waals surface area contributed by atoms with E-state index in [0.717, 1.165) is 16.8 Å². The summed E-state index contributed by atoms with van der Waals surface area (Å²) < 4.78 is 0. The number of aromatic nitrogens is 1. The zero-order chi connectivity index (χ0) is 14.1. The molecule has 21 heavy (non-hydrogen) atoms. The van der Waals surface area contributed by atoms with Crippen LogP contribution in [-0.2, 0) is 0 Å². The summed E-state index contributed by atoms with van der Waals surface area (Å²) in [6, 6.07) is 22.7. The number of hydrogen-bond acceptors (Lipinski definition) is 1. The number of para-hydroxylation sites is 1. The SMILES string of the molecule is C(=N\c1ccccc1)/c1c2ccccc2cc2cc[nH]c12. The Hall–Kier alpha value is -2.87. The van der Waals surface area contributed by atoms with Gasteiger partial charge in [0.1, 0.15) is 0 Å². The minimum Gasteiger partial charge on any atom is -0.361 e. The lowest BCUT2D eigenvalue weighted by Crippen LogP contribution is -1.87. The minimum atomic E-state index is 0.963. The van der Waals surface area contributed by atoms with E-state index in [1.807, 2.05) is 42.7 Å². The first-order valence-electron chi connectivity index (χ1n) is 7.00. The summed E-state index contributed by atoms with van der Waals surface area (Å²) in [6.45, 7) is 0. The lowest BCUT2D eigenvalue weighted by molar-refractivity contribution is 1.47. The summed E-state index contributed by atoms with van der Waals surface area (Å²) >= 11 is 0. The lowest BCUT2D eigenvalue weighted by Gasteiger charge is -2.04. The number of fused-ring (bicyclic) bond motifs is 2. The van der Waals surface area contributed by atoms with Gasteiger partial charge < -0.3 is 4.98 Å². The van der Waals surface area contributed by atoms with Crippen molar-refractivity contribution in [1.82, 2.24) is 4.98 Å². The van der Waals surface area contributed by atoms with Gasteiger partial charge in [0.2, 0.25) is 0 Å². The molecule has 0 radical (unpaired) electrons. The van der Waals surface area contributed by atoms with Gasteiger partial charge >= 0.3 is 0 Å². The molecule has 3 aromatic carbocycles. The first-order valence-corrected chi connectivity index (χ1v) is 7.00. The summed E-state index contributed by atoms with van der Waals surface area (Å²) in [6.07, 6.45) is 3.93. The maximum atomic E-state index is 4.61. The fraction of sp³-hybridized carbons (Fsp3) is 0. The van der Waals surface area contributed by atoms with Crippen molar-refractivity contribution in [3.63, 3.8) is 0 Å². The van der Waals surface area contributed by atoms with E-state index in [4.69, 9.17) is 0 Å². The van der Waals surface area contributed by atoms with Crippen LogP contribution in [0.15, 0.2) is 77.9 Å². The van der Waals surface area contributed by atoms with Crippen molar-refractivity contribution in [2.24, 2.45) is 4.99 Å². The molecule has 1 heterocycles. The van der Waals surface area contributed by atoms with Gasteiger partial charge in [-0.3, -0.25) is 4.99 Å². The molecule has 0 spiro atoms. The van der Waals surface area contributed by atoms with Crippen LogP contribution in [0.5, 0.6) is 0 Å². The Labute approximate surface area is 122 Å². The highest BCUT2D eigenvalue weighted by molar-refractivity contribution is 6.12. The first-order chi connectivity index (χ1) is 10.4. The van der Waals surface area contributed by atoms with E-state index >= 15 is 0 Å². The predicted molar refractivity (Wildman–Crippen MR) is 89.5 cm³/mol. The van der Waals surface area contributed by atoms with Gasteiger partial charge in [-0.15, -0.1) is 0 Å². The van der Waals surface area contributed by atoms with Gasteiger partial charge in [-0.05, 0) is 35.0 Å². The minimum absolute atomic E-state index is 0.963. The molecule has 0 bridgehead atoms. The van der Waals surface area contributed by atoms with Crippen LogP contribution in [0, 0.1) is 0 Å². The van der Waals surface area contributed by atoms with E-state index in [-0.39, 0.29) is 0 Å². The number of rotatable bonds is 2. The Kier molecular flexibility index (Phi) is 2.79. The van der Waals surface area contributed by atoms with E-state index in [1.165, 1.54) is 16.2 Å². The van der Waals surface area contributed by atoms with E-state index in [1.54, 1.807) is 0 Å². The van der Waals surface area contributed by atoms with Gasteiger partial charge in [0.25, 0.3) is 0 Å². The molecule has 0 aliphatic heterocycles. The molecule has 0 saturated heterocycles. The van der Waals surface area contributed by atoms with Gasteiger partial charge in [-0.1, -0.05) is 42.5 Å². The maximum absolute atomic E-state index is 4.61. The second-order valence-electron chi connectivity index (χ2n) is 5.05. The molecule has 0 unspecified atom stereocenters. The highest BCUT2D eigenvalue weighted by Crippen LogP contribution is 2.26. The standard InChI is InChI=1S/C19H14N2/c1-2-7-16(8-3-1)21-13-18-17-9-5-4-6-14(17)12-15-10-11-20-19(15)18/h1-13,20H/b21-13+. The highest BCUT2D eigenvalue weighted by atomic mass is 14.7. The number of benzene rings is 3. The lowest BCUT2D eigenvalue weighted by atomic mass is 10.0. The number of hydrogen-bond donors (Lipinski definition) is 1. The second-order valence-corrected chi connectivity index (χ2v) is 5.05. The normalized spacial score (nSPS) is 11.6. The molecule has 0 atom stereocenters. The number of aromatic amines is 1. The van der Waals surface area contributed by atoms with Crippen LogP contribution in [0.1, 0.15) is 5.56 Å². The summed E-state index contributed by atoms with van der Waals surface area (Å²) in [5.41, 5.74) is 3.23. The molecule has 0 fully saturated rings. The third-order valence-corrected chi connectivity index (χ3v) is 3.71. The summed E-state index contributed by atoms with van der Waals surface area (Å²) in [5.74, 6) is 0. The molecule has 100 valence electrons. The first kappa shape index (κ1) is 11.9. The number of H-pyrrole nitrogens is 1. The monoisotopic (exact) mass is 270 g/mol. The summed E-state index contributed by atoms with van der Waals surface area (Å²) in [7, 11) is 0. The van der Waals surface area contributed by atoms with Gasteiger partial charge in [0.05, 0.1) is 11.2 Å². The Morgan fingerprint density at radius 1 is 0.810 bits per heavy atom. The van der Waals surface area contributed by atoms with Crippen molar-refractivity contribution in [1.29, 1.82) is 0 Å². The van der Waals surface area contributed by atoms with Crippen molar-refractivity contribution in [2.45, 2.75) is 0 Å². The van der Waals surface area contributed by atoms with Crippen LogP contribution in [0.4, 0.5) is 5.69 Å². The largest absolute Gasteiger partial charge is 0.361 e. The van der Waals surface area contributed by atoms with Gasteiger partial charge in [-0.25, -0.2) is 0 Å². The molecule has 2 heteroatoms. The Morgan fingerprint density at radius 2 is 1.62 bits per heavy atom. The van der Waals surface area contributed by atoms with Crippen molar-refractivity contribution in [2.75, 3.05) is 0 Å². The number of nitrogens with one attached hydrogen (secondary N) is 1. The predicted octanol–water partition coefficient (Wildman–Crippen LogP) is 5.07. The molecule has 2 nitrogen and oxygen atoms in total. The van der Waals surface area contributed by atoms with Crippen LogP contribution in [0.2, 0.25) is 0 Å². The van der Waals surface area contributed by atoms with E-state index in [0.29, 0.717) is 0 Å². The Morgan fingerprint density at radius 3 is 2.52 bits per heavy atom. The molecular weight excluding hydrogens is 256 g/mol. The van der Waals surface area contributed by atoms with E-state index in [9.17, 15) is 0 Å². The average molecular weight is 270 g/mol. The third kappa shape index (κ3) is 2.11. The second kappa shape index (κ2) is 4.91. The van der Waals surface area contributed by atoms with Crippen molar-refractivity contribution in [3.8, 4) is 0 Å². The fourth-order valence-electron chi connectivity index (χ4n) is 2.69. The van der Waals surface area contributed by atoms with Crippen LogP contribution in [-0.4, -0.2) is 11.2 Å². The molecule has 1 aromatic heterocycles. The molecule has 1 N–H and O–H groups in total. The Balaban J connectivity index is 1.96. The molecule has 0 aliphatic carbocycles. The highest BCUT2D eigenvalue weighted by Gasteiger charge is 2.06. The fourth-order valence-corrected chi connectivity index (χ4v) is 2.69. The van der Waals surface area contributed by atoms with Gasteiger partial charge in [0, 0.05) is 23.4 Å². The molecule has 0 amide bonds. The zero-order valence-corrected chi connectivity index (χ0v) is 11.5. The molecule has 0 saturated carbocycles. The topological polar surface area (TPSA) is 28.1 Å². The third-order valence-electron chi connectivity index (χ3n) is 3.71. The smallest absolute Gasteiger partial charge is 0.0629 e. The van der Waals surface area contributed by atoms with Crippen LogP contribution in [0.25, 0.3) is 21.7 Å². The summed E-state index contributed by atoms with van der Waals surface area (Å²) in [5, 5.41) is 3.66. The van der Waals surface area contributed by atoms with Crippen LogP contribution >= 0.6 is 0 Å². The zero-order valence-electron chi connectivity index (χ0n) is 11.5. The quantitative estimate of drug-likeness (QED) is 0.492.